The Morgan fingerprint density at radius 3 is 2.48 bits per heavy atom. The number of anilines is 1. The highest BCUT2D eigenvalue weighted by molar-refractivity contribution is 6.30. The lowest BCUT2D eigenvalue weighted by atomic mass is 10.2. The van der Waals surface area contributed by atoms with Gasteiger partial charge in [-0.25, -0.2) is 4.98 Å². The molecule has 0 bridgehead atoms. The van der Waals surface area contributed by atoms with Gasteiger partial charge in [-0.3, -0.25) is 4.79 Å². The van der Waals surface area contributed by atoms with E-state index < -0.39 is 0 Å². The molecule has 1 fully saturated rings. The van der Waals surface area contributed by atoms with Crippen molar-refractivity contribution in [2.24, 2.45) is 0 Å². The van der Waals surface area contributed by atoms with Gasteiger partial charge in [0.25, 0.3) is 5.91 Å². The number of carbonyl (C=O) groups excluding carboxylic acids is 1. The van der Waals surface area contributed by atoms with Gasteiger partial charge in [-0.15, -0.1) is 0 Å². The predicted octanol–water partition coefficient (Wildman–Crippen LogP) is 3.28. The summed E-state index contributed by atoms with van der Waals surface area (Å²) in [6.45, 7) is 6.26. The van der Waals surface area contributed by atoms with Gasteiger partial charge < -0.3 is 15.0 Å². The molecule has 1 aliphatic rings. The van der Waals surface area contributed by atoms with Gasteiger partial charge >= 0.3 is 0 Å². The van der Waals surface area contributed by atoms with E-state index in [2.05, 4.69) is 29.0 Å². The quantitative estimate of drug-likeness (QED) is 0.910. The van der Waals surface area contributed by atoms with Crippen molar-refractivity contribution in [2.45, 2.75) is 32.6 Å². The zero-order valence-corrected chi connectivity index (χ0v) is 15.2. The third-order valence-corrected chi connectivity index (χ3v) is 4.36. The molecule has 1 aromatic heterocycles. The first-order chi connectivity index (χ1) is 12.0. The van der Waals surface area contributed by atoms with Crippen LogP contribution in [-0.2, 0) is 11.3 Å². The van der Waals surface area contributed by atoms with Gasteiger partial charge in [0.05, 0.1) is 12.2 Å². The minimum absolute atomic E-state index is 0.128. The lowest BCUT2D eigenvalue weighted by molar-refractivity contribution is -0.00546. The monoisotopic (exact) mass is 359 g/mol. The van der Waals surface area contributed by atoms with Crippen molar-refractivity contribution in [3.05, 3.63) is 58.7 Å². The van der Waals surface area contributed by atoms with Gasteiger partial charge in [-0.1, -0.05) is 17.7 Å². The molecular weight excluding hydrogens is 338 g/mol. The molecule has 0 radical (unpaired) electrons. The van der Waals surface area contributed by atoms with Crippen LogP contribution in [0.3, 0.4) is 0 Å². The minimum atomic E-state index is -0.128. The van der Waals surface area contributed by atoms with Crippen molar-refractivity contribution in [1.29, 1.82) is 0 Å². The lowest BCUT2D eigenvalue weighted by Crippen LogP contribution is -2.45. The highest BCUT2D eigenvalue weighted by atomic mass is 35.5. The highest BCUT2D eigenvalue weighted by Crippen LogP contribution is 2.18. The zero-order valence-electron chi connectivity index (χ0n) is 14.4. The summed E-state index contributed by atoms with van der Waals surface area (Å²) in [6, 6.07) is 10.8. The molecule has 1 saturated heterocycles. The largest absolute Gasteiger partial charge is 0.372 e. The molecule has 1 aromatic carbocycles. The third-order valence-electron chi connectivity index (χ3n) is 4.11. The van der Waals surface area contributed by atoms with Gasteiger partial charge in [-0.05, 0) is 49.7 Å². The van der Waals surface area contributed by atoms with Crippen LogP contribution in [0.1, 0.15) is 29.8 Å². The number of pyridine rings is 1. The SMILES string of the molecule is CC1CN(c2ccc(CNC(=O)c3ccc(Cl)cc3)cn2)CC(C)O1. The number of hydrogen-bond donors (Lipinski definition) is 1. The number of nitrogens with zero attached hydrogens (tertiary/aromatic N) is 2. The molecule has 2 atom stereocenters. The first-order valence-corrected chi connectivity index (χ1v) is 8.78. The van der Waals surface area contributed by atoms with E-state index in [4.69, 9.17) is 16.3 Å². The Balaban J connectivity index is 1.57. The number of rotatable bonds is 4. The predicted molar refractivity (Wildman–Crippen MR) is 99.1 cm³/mol. The maximum Gasteiger partial charge on any atom is 0.251 e. The number of nitrogens with one attached hydrogen (secondary N) is 1. The maximum atomic E-state index is 12.1. The van der Waals surface area contributed by atoms with E-state index in [0.717, 1.165) is 24.5 Å². The fourth-order valence-corrected chi connectivity index (χ4v) is 3.08. The molecular formula is C19H22ClN3O2. The van der Waals surface area contributed by atoms with Gasteiger partial charge in [0, 0.05) is 36.4 Å². The Bertz CT molecular complexity index is 708. The molecule has 2 heterocycles. The standard InChI is InChI=1S/C19H22ClN3O2/c1-13-11-23(12-14(2)25-13)18-8-3-15(9-21-18)10-22-19(24)16-4-6-17(20)7-5-16/h3-9,13-14H,10-12H2,1-2H3,(H,22,24). The molecule has 2 unspecified atom stereocenters. The van der Waals surface area contributed by atoms with Crippen LogP contribution in [0.5, 0.6) is 0 Å². The van der Waals surface area contributed by atoms with Crippen molar-refractivity contribution in [3.8, 4) is 0 Å². The number of carbonyl (C=O) groups is 1. The number of halogens is 1. The van der Waals surface area contributed by atoms with Crippen molar-refractivity contribution >= 4 is 23.3 Å². The Morgan fingerprint density at radius 2 is 1.88 bits per heavy atom. The molecule has 1 aliphatic heterocycles. The van der Waals surface area contributed by atoms with Gasteiger partial charge in [0.1, 0.15) is 5.82 Å². The van der Waals surface area contributed by atoms with E-state index >= 15 is 0 Å². The summed E-state index contributed by atoms with van der Waals surface area (Å²) in [6.07, 6.45) is 2.20. The van der Waals surface area contributed by atoms with E-state index in [1.165, 1.54) is 0 Å². The summed E-state index contributed by atoms with van der Waals surface area (Å²) >= 11 is 5.83. The smallest absolute Gasteiger partial charge is 0.251 e. The number of hydrogen-bond acceptors (Lipinski definition) is 4. The molecule has 3 rings (SSSR count). The van der Waals surface area contributed by atoms with Crippen molar-refractivity contribution in [1.82, 2.24) is 10.3 Å². The number of ether oxygens (including phenoxy) is 1. The molecule has 5 nitrogen and oxygen atoms in total. The highest BCUT2D eigenvalue weighted by Gasteiger charge is 2.22. The van der Waals surface area contributed by atoms with E-state index in [1.807, 2.05) is 18.3 Å². The summed E-state index contributed by atoms with van der Waals surface area (Å²) in [5, 5.41) is 3.51. The molecule has 0 spiro atoms. The van der Waals surface area contributed by atoms with Gasteiger partial charge in [-0.2, -0.15) is 0 Å². The Hall–Kier alpha value is -2.11. The van der Waals surface area contributed by atoms with Crippen LogP contribution < -0.4 is 10.2 Å². The van der Waals surface area contributed by atoms with Crippen LogP contribution in [0.25, 0.3) is 0 Å². The van der Waals surface area contributed by atoms with Crippen molar-refractivity contribution in [3.63, 3.8) is 0 Å². The van der Waals surface area contributed by atoms with E-state index in [1.54, 1.807) is 24.3 Å². The second kappa shape index (κ2) is 7.85. The van der Waals surface area contributed by atoms with E-state index in [0.29, 0.717) is 17.1 Å². The van der Waals surface area contributed by atoms with Crippen LogP contribution in [-0.4, -0.2) is 36.2 Å². The first kappa shape index (κ1) is 17.7. The molecule has 6 heteroatoms. The molecule has 2 aromatic rings. The second-order valence-corrected chi connectivity index (χ2v) is 6.81. The third kappa shape index (κ3) is 4.71. The van der Waals surface area contributed by atoms with Crippen LogP contribution in [0, 0.1) is 0 Å². The number of benzene rings is 1. The summed E-state index contributed by atoms with van der Waals surface area (Å²) in [5.41, 5.74) is 1.55. The summed E-state index contributed by atoms with van der Waals surface area (Å²) in [5.74, 6) is 0.811. The normalized spacial score (nSPS) is 20.4. The number of morpholine rings is 1. The molecule has 0 aliphatic carbocycles. The number of aromatic nitrogens is 1. The average molecular weight is 360 g/mol. The summed E-state index contributed by atoms with van der Waals surface area (Å²) in [4.78, 5) is 18.9. The van der Waals surface area contributed by atoms with Crippen LogP contribution >= 0.6 is 11.6 Å². The lowest BCUT2D eigenvalue weighted by Gasteiger charge is -2.36. The second-order valence-electron chi connectivity index (χ2n) is 6.38. The Kier molecular flexibility index (Phi) is 5.56. The first-order valence-electron chi connectivity index (χ1n) is 8.40. The topological polar surface area (TPSA) is 54.5 Å². The van der Waals surface area contributed by atoms with Gasteiger partial charge in [0.2, 0.25) is 0 Å². The molecule has 132 valence electrons. The maximum absolute atomic E-state index is 12.1. The van der Waals surface area contributed by atoms with Crippen LogP contribution in [0.4, 0.5) is 5.82 Å². The van der Waals surface area contributed by atoms with E-state index in [-0.39, 0.29) is 18.1 Å². The molecule has 1 N–H and O–H groups in total. The van der Waals surface area contributed by atoms with Gasteiger partial charge in [0.15, 0.2) is 0 Å². The molecule has 0 saturated carbocycles. The number of amides is 1. The molecule has 25 heavy (non-hydrogen) atoms. The van der Waals surface area contributed by atoms with Crippen LogP contribution in [0.2, 0.25) is 5.02 Å². The van der Waals surface area contributed by atoms with Crippen LogP contribution in [0.15, 0.2) is 42.6 Å². The van der Waals surface area contributed by atoms with Crippen molar-refractivity contribution in [2.75, 3.05) is 18.0 Å². The minimum Gasteiger partial charge on any atom is -0.372 e. The summed E-state index contributed by atoms with van der Waals surface area (Å²) in [7, 11) is 0. The zero-order chi connectivity index (χ0) is 17.8. The Morgan fingerprint density at radius 1 is 1.20 bits per heavy atom. The fourth-order valence-electron chi connectivity index (χ4n) is 2.96. The fraction of sp³-hybridized carbons (Fsp3) is 0.368. The Labute approximate surface area is 153 Å². The molecule has 1 amide bonds. The summed E-state index contributed by atoms with van der Waals surface area (Å²) < 4.78 is 5.75. The van der Waals surface area contributed by atoms with E-state index in [9.17, 15) is 4.79 Å². The van der Waals surface area contributed by atoms with Crippen molar-refractivity contribution < 1.29 is 9.53 Å². The average Bonchev–Trinajstić information content (AvgIpc) is 2.60.